The Bertz CT molecular complexity index is 320. The summed E-state index contributed by atoms with van der Waals surface area (Å²) in [6.07, 6.45) is 0. The van der Waals surface area contributed by atoms with E-state index < -0.39 is 0 Å². The molecule has 0 atom stereocenters. The van der Waals surface area contributed by atoms with Crippen LogP contribution in [0.2, 0.25) is 0 Å². The predicted molar refractivity (Wildman–Crippen MR) is 58.6 cm³/mol. The Morgan fingerprint density at radius 1 is 1.33 bits per heavy atom. The molecule has 15 heavy (non-hydrogen) atoms. The molecule has 0 saturated carbocycles. The van der Waals surface area contributed by atoms with Crippen molar-refractivity contribution in [3.05, 3.63) is 29.8 Å². The van der Waals surface area contributed by atoms with E-state index in [1.54, 1.807) is 24.3 Å². The highest BCUT2D eigenvalue weighted by atomic mass is 16.3. The first kappa shape index (κ1) is 11.4. The van der Waals surface area contributed by atoms with E-state index in [9.17, 15) is 4.79 Å². The fourth-order valence-corrected chi connectivity index (χ4v) is 1.11. The van der Waals surface area contributed by atoms with Crippen LogP contribution in [0.25, 0.3) is 0 Å². The van der Waals surface area contributed by atoms with Crippen molar-refractivity contribution >= 4 is 6.03 Å². The summed E-state index contributed by atoms with van der Waals surface area (Å²) in [5.74, 6) is 0.227. The molecule has 0 aliphatic rings. The topological polar surface area (TPSA) is 61.4 Å². The van der Waals surface area contributed by atoms with Crippen LogP contribution in [-0.2, 0) is 6.54 Å². The number of phenolic OH excluding ortho intramolecular Hbond substituents is 1. The minimum Gasteiger partial charge on any atom is -0.508 e. The van der Waals surface area contributed by atoms with Crippen molar-refractivity contribution in [3.8, 4) is 5.75 Å². The van der Waals surface area contributed by atoms with Gasteiger partial charge < -0.3 is 15.7 Å². The van der Waals surface area contributed by atoms with Gasteiger partial charge in [-0.1, -0.05) is 12.1 Å². The summed E-state index contributed by atoms with van der Waals surface area (Å²) in [6.45, 7) is 4.26. The molecule has 0 aliphatic carbocycles. The van der Waals surface area contributed by atoms with Gasteiger partial charge in [0.1, 0.15) is 5.75 Å². The van der Waals surface area contributed by atoms with Gasteiger partial charge in [-0.3, -0.25) is 0 Å². The van der Waals surface area contributed by atoms with Gasteiger partial charge in [-0.2, -0.15) is 0 Å². The molecule has 0 aliphatic heterocycles. The summed E-state index contributed by atoms with van der Waals surface area (Å²) in [5, 5.41) is 14.5. The summed E-state index contributed by atoms with van der Waals surface area (Å²) in [6, 6.07) is 6.67. The number of rotatable bonds is 3. The van der Waals surface area contributed by atoms with Gasteiger partial charge in [-0.05, 0) is 31.5 Å². The van der Waals surface area contributed by atoms with Crippen molar-refractivity contribution in [2.45, 2.75) is 26.4 Å². The molecule has 4 heteroatoms. The van der Waals surface area contributed by atoms with Crippen LogP contribution in [0, 0.1) is 0 Å². The fraction of sp³-hybridized carbons (Fsp3) is 0.364. The number of amides is 2. The molecule has 3 N–H and O–H groups in total. The Morgan fingerprint density at radius 3 is 2.47 bits per heavy atom. The van der Waals surface area contributed by atoms with E-state index >= 15 is 0 Å². The van der Waals surface area contributed by atoms with Crippen molar-refractivity contribution < 1.29 is 9.90 Å². The quantitative estimate of drug-likeness (QED) is 0.706. The molecule has 0 radical (unpaired) electrons. The maximum atomic E-state index is 11.2. The fourth-order valence-electron chi connectivity index (χ4n) is 1.11. The molecule has 0 unspecified atom stereocenters. The van der Waals surface area contributed by atoms with Crippen LogP contribution in [0.15, 0.2) is 24.3 Å². The lowest BCUT2D eigenvalue weighted by Crippen LogP contribution is -2.38. The molecule has 1 aromatic carbocycles. The summed E-state index contributed by atoms with van der Waals surface area (Å²) in [4.78, 5) is 11.2. The number of phenols is 1. The van der Waals surface area contributed by atoms with Gasteiger partial charge in [0.25, 0.3) is 0 Å². The molecule has 4 nitrogen and oxygen atoms in total. The van der Waals surface area contributed by atoms with Crippen LogP contribution in [0.1, 0.15) is 19.4 Å². The van der Waals surface area contributed by atoms with E-state index in [1.165, 1.54) is 0 Å². The van der Waals surface area contributed by atoms with Crippen LogP contribution in [-0.4, -0.2) is 17.2 Å². The number of aromatic hydroxyl groups is 1. The zero-order chi connectivity index (χ0) is 11.3. The highest BCUT2D eigenvalue weighted by Crippen LogP contribution is 2.08. The molecule has 82 valence electrons. The minimum absolute atomic E-state index is 0.129. The van der Waals surface area contributed by atoms with Crippen LogP contribution in [0.5, 0.6) is 5.75 Å². The molecule has 0 saturated heterocycles. The van der Waals surface area contributed by atoms with E-state index in [2.05, 4.69) is 10.6 Å². The van der Waals surface area contributed by atoms with Crippen molar-refractivity contribution in [2.75, 3.05) is 0 Å². The SMILES string of the molecule is CC(C)NC(=O)NCc1ccc(O)cc1. The summed E-state index contributed by atoms with van der Waals surface area (Å²) in [7, 11) is 0. The highest BCUT2D eigenvalue weighted by Gasteiger charge is 2.01. The molecule has 2 amide bonds. The maximum absolute atomic E-state index is 11.2. The third kappa shape index (κ3) is 4.35. The van der Waals surface area contributed by atoms with E-state index in [0.29, 0.717) is 6.54 Å². The highest BCUT2D eigenvalue weighted by molar-refractivity contribution is 5.74. The lowest BCUT2D eigenvalue weighted by molar-refractivity contribution is 0.238. The number of hydrogen-bond acceptors (Lipinski definition) is 2. The number of carbonyl (C=O) groups is 1. The van der Waals surface area contributed by atoms with Crippen molar-refractivity contribution in [1.29, 1.82) is 0 Å². The van der Waals surface area contributed by atoms with E-state index in [4.69, 9.17) is 5.11 Å². The van der Waals surface area contributed by atoms with E-state index in [-0.39, 0.29) is 17.8 Å². The van der Waals surface area contributed by atoms with Crippen LogP contribution >= 0.6 is 0 Å². The largest absolute Gasteiger partial charge is 0.508 e. The molecular weight excluding hydrogens is 192 g/mol. The van der Waals surface area contributed by atoms with Gasteiger partial charge >= 0.3 is 6.03 Å². The van der Waals surface area contributed by atoms with Crippen molar-refractivity contribution in [1.82, 2.24) is 10.6 Å². The van der Waals surface area contributed by atoms with E-state index in [1.807, 2.05) is 13.8 Å². The monoisotopic (exact) mass is 208 g/mol. The van der Waals surface area contributed by atoms with Gasteiger partial charge in [-0.25, -0.2) is 4.79 Å². The van der Waals surface area contributed by atoms with Gasteiger partial charge in [0.2, 0.25) is 0 Å². The first-order valence-electron chi connectivity index (χ1n) is 4.90. The molecular formula is C11H16N2O2. The smallest absolute Gasteiger partial charge is 0.315 e. The third-order valence-electron chi connectivity index (χ3n) is 1.81. The minimum atomic E-state index is -0.182. The predicted octanol–water partition coefficient (Wildman–Crippen LogP) is 1.60. The average Bonchev–Trinajstić information content (AvgIpc) is 2.16. The zero-order valence-corrected chi connectivity index (χ0v) is 8.95. The average molecular weight is 208 g/mol. The Balaban J connectivity index is 2.37. The molecule has 0 bridgehead atoms. The number of benzene rings is 1. The molecule has 1 rings (SSSR count). The summed E-state index contributed by atoms with van der Waals surface area (Å²) >= 11 is 0. The number of hydrogen-bond donors (Lipinski definition) is 3. The second-order valence-electron chi connectivity index (χ2n) is 3.65. The maximum Gasteiger partial charge on any atom is 0.315 e. The standard InChI is InChI=1S/C11H16N2O2/c1-8(2)13-11(15)12-7-9-3-5-10(14)6-4-9/h3-6,8,14H,7H2,1-2H3,(H2,12,13,15). The Morgan fingerprint density at radius 2 is 1.93 bits per heavy atom. The van der Waals surface area contributed by atoms with Gasteiger partial charge in [0.05, 0.1) is 0 Å². The Labute approximate surface area is 89.3 Å². The number of urea groups is 1. The third-order valence-corrected chi connectivity index (χ3v) is 1.81. The first-order valence-corrected chi connectivity index (χ1v) is 4.90. The number of carbonyl (C=O) groups excluding carboxylic acids is 1. The lowest BCUT2D eigenvalue weighted by atomic mass is 10.2. The van der Waals surface area contributed by atoms with Crippen molar-refractivity contribution in [2.24, 2.45) is 0 Å². The Hall–Kier alpha value is -1.71. The second-order valence-corrected chi connectivity index (χ2v) is 3.65. The van der Waals surface area contributed by atoms with Crippen LogP contribution < -0.4 is 10.6 Å². The van der Waals surface area contributed by atoms with Gasteiger partial charge in [-0.15, -0.1) is 0 Å². The normalized spacial score (nSPS) is 10.1. The second kappa shape index (κ2) is 5.24. The molecule has 0 fully saturated rings. The number of nitrogens with one attached hydrogen (secondary N) is 2. The lowest BCUT2D eigenvalue weighted by Gasteiger charge is -2.09. The van der Waals surface area contributed by atoms with Gasteiger partial charge in [0.15, 0.2) is 0 Å². The van der Waals surface area contributed by atoms with Crippen LogP contribution in [0.3, 0.4) is 0 Å². The molecule has 0 aromatic heterocycles. The molecule has 0 heterocycles. The van der Waals surface area contributed by atoms with Crippen molar-refractivity contribution in [3.63, 3.8) is 0 Å². The molecule has 0 spiro atoms. The Kier molecular flexibility index (Phi) is 3.97. The summed E-state index contributed by atoms with van der Waals surface area (Å²) in [5.41, 5.74) is 0.951. The molecule has 1 aromatic rings. The van der Waals surface area contributed by atoms with Crippen LogP contribution in [0.4, 0.5) is 4.79 Å². The first-order chi connectivity index (χ1) is 7.08. The van der Waals surface area contributed by atoms with E-state index in [0.717, 1.165) is 5.56 Å². The zero-order valence-electron chi connectivity index (χ0n) is 8.95. The van der Waals surface area contributed by atoms with Gasteiger partial charge in [0, 0.05) is 12.6 Å². The summed E-state index contributed by atoms with van der Waals surface area (Å²) < 4.78 is 0.